The van der Waals surface area contributed by atoms with E-state index in [0.29, 0.717) is 6.04 Å². The highest BCUT2D eigenvalue weighted by molar-refractivity contribution is 5.01. The summed E-state index contributed by atoms with van der Waals surface area (Å²) in [6, 6.07) is 2.70. The lowest BCUT2D eigenvalue weighted by molar-refractivity contribution is 0.467. The Balaban J connectivity index is 2.42. The molecule has 0 spiro atoms. The minimum absolute atomic E-state index is 0.588. The molecule has 0 amide bonds. The van der Waals surface area contributed by atoms with Crippen molar-refractivity contribution in [2.45, 2.75) is 45.6 Å². The Labute approximate surface area is 92.9 Å². The van der Waals surface area contributed by atoms with E-state index in [9.17, 15) is 0 Å². The van der Waals surface area contributed by atoms with E-state index in [1.165, 1.54) is 25.0 Å². The molecular weight excluding hydrogens is 186 g/mol. The molecule has 1 aromatic heterocycles. The topological polar surface area (TPSA) is 29.9 Å². The van der Waals surface area contributed by atoms with Crippen LogP contribution in [0.15, 0.2) is 12.3 Å². The van der Waals surface area contributed by atoms with Crippen LogP contribution in [0.1, 0.15) is 38.8 Å². The fourth-order valence-corrected chi connectivity index (χ4v) is 1.80. The van der Waals surface area contributed by atoms with E-state index in [1.807, 2.05) is 17.9 Å². The van der Waals surface area contributed by atoms with E-state index in [2.05, 4.69) is 30.3 Å². The first-order valence-corrected chi connectivity index (χ1v) is 5.98. The zero-order valence-electron chi connectivity index (χ0n) is 10.2. The van der Waals surface area contributed by atoms with Gasteiger partial charge < -0.3 is 5.32 Å². The lowest BCUT2D eigenvalue weighted by Gasteiger charge is -2.16. The molecular formula is C12H23N3. The van der Waals surface area contributed by atoms with E-state index in [4.69, 9.17) is 0 Å². The van der Waals surface area contributed by atoms with E-state index >= 15 is 0 Å². The van der Waals surface area contributed by atoms with Crippen LogP contribution < -0.4 is 5.32 Å². The number of nitrogens with zero attached hydrogens (tertiary/aromatic N) is 2. The van der Waals surface area contributed by atoms with Gasteiger partial charge in [-0.2, -0.15) is 5.10 Å². The van der Waals surface area contributed by atoms with Gasteiger partial charge in [-0.15, -0.1) is 0 Å². The normalized spacial score (nSPS) is 13.0. The molecule has 0 aliphatic carbocycles. The van der Waals surface area contributed by atoms with Gasteiger partial charge in [0.2, 0.25) is 0 Å². The van der Waals surface area contributed by atoms with Gasteiger partial charge in [0.05, 0.1) is 5.69 Å². The van der Waals surface area contributed by atoms with Crippen LogP contribution in [0.25, 0.3) is 0 Å². The van der Waals surface area contributed by atoms with Crippen LogP contribution in [-0.2, 0) is 13.5 Å². The van der Waals surface area contributed by atoms with Gasteiger partial charge in [-0.3, -0.25) is 4.68 Å². The zero-order valence-corrected chi connectivity index (χ0v) is 10.2. The maximum Gasteiger partial charge on any atom is 0.0639 e. The average Bonchev–Trinajstić information content (AvgIpc) is 2.61. The van der Waals surface area contributed by atoms with Crippen molar-refractivity contribution < 1.29 is 0 Å². The third-order valence-electron chi connectivity index (χ3n) is 2.54. The minimum Gasteiger partial charge on any atom is -0.314 e. The van der Waals surface area contributed by atoms with Crippen molar-refractivity contribution in [3.05, 3.63) is 18.0 Å². The van der Waals surface area contributed by atoms with Crippen molar-refractivity contribution in [1.82, 2.24) is 15.1 Å². The van der Waals surface area contributed by atoms with Crippen molar-refractivity contribution in [3.8, 4) is 0 Å². The van der Waals surface area contributed by atoms with Crippen molar-refractivity contribution in [1.29, 1.82) is 0 Å². The molecule has 1 N–H and O–H groups in total. The Morgan fingerprint density at radius 3 is 2.73 bits per heavy atom. The summed E-state index contributed by atoms with van der Waals surface area (Å²) < 4.78 is 1.87. The predicted molar refractivity (Wildman–Crippen MR) is 63.9 cm³/mol. The Morgan fingerprint density at radius 1 is 1.40 bits per heavy atom. The Bertz CT molecular complexity index is 268. The zero-order chi connectivity index (χ0) is 11.1. The minimum atomic E-state index is 0.588. The first-order chi connectivity index (χ1) is 7.26. The summed E-state index contributed by atoms with van der Waals surface area (Å²) in [6.07, 6.45) is 6.72. The second kappa shape index (κ2) is 6.62. The molecule has 1 heterocycles. The van der Waals surface area contributed by atoms with E-state index in [1.54, 1.807) is 0 Å². The Hall–Kier alpha value is -0.830. The fraction of sp³-hybridized carbons (Fsp3) is 0.750. The number of hydrogen-bond donors (Lipinski definition) is 1. The molecule has 0 aliphatic heterocycles. The standard InChI is InChI=1S/C12H23N3/c1-4-6-11(13-8-5-2)10-12-7-9-15(3)14-12/h7,9,11,13H,4-6,8,10H2,1-3H3. The monoisotopic (exact) mass is 209 g/mol. The lowest BCUT2D eigenvalue weighted by atomic mass is 10.1. The van der Waals surface area contributed by atoms with Crippen LogP contribution in [0.3, 0.4) is 0 Å². The molecule has 0 aromatic carbocycles. The summed E-state index contributed by atoms with van der Waals surface area (Å²) in [5.41, 5.74) is 1.19. The molecule has 15 heavy (non-hydrogen) atoms. The molecule has 0 fully saturated rings. The van der Waals surface area contributed by atoms with Crippen LogP contribution in [0.2, 0.25) is 0 Å². The first kappa shape index (κ1) is 12.2. The van der Waals surface area contributed by atoms with Crippen LogP contribution in [-0.4, -0.2) is 22.4 Å². The molecule has 86 valence electrons. The molecule has 0 aliphatic rings. The first-order valence-electron chi connectivity index (χ1n) is 5.98. The molecule has 1 aromatic rings. The average molecular weight is 209 g/mol. The predicted octanol–water partition coefficient (Wildman–Crippen LogP) is 2.13. The number of rotatable bonds is 7. The van der Waals surface area contributed by atoms with Gasteiger partial charge in [-0.1, -0.05) is 20.3 Å². The molecule has 0 radical (unpaired) electrons. The third-order valence-corrected chi connectivity index (χ3v) is 2.54. The number of aryl methyl sites for hydroxylation is 1. The van der Waals surface area contributed by atoms with E-state index in [-0.39, 0.29) is 0 Å². The lowest BCUT2D eigenvalue weighted by Crippen LogP contribution is -2.31. The van der Waals surface area contributed by atoms with Gasteiger partial charge in [-0.25, -0.2) is 0 Å². The van der Waals surface area contributed by atoms with Crippen LogP contribution >= 0.6 is 0 Å². The number of aromatic nitrogens is 2. The fourth-order valence-electron chi connectivity index (χ4n) is 1.80. The van der Waals surface area contributed by atoms with E-state index in [0.717, 1.165) is 13.0 Å². The molecule has 3 nitrogen and oxygen atoms in total. The van der Waals surface area contributed by atoms with Crippen molar-refractivity contribution in [3.63, 3.8) is 0 Å². The molecule has 1 unspecified atom stereocenters. The summed E-state index contributed by atoms with van der Waals surface area (Å²) in [6.45, 7) is 5.55. The van der Waals surface area contributed by atoms with Gasteiger partial charge in [0.1, 0.15) is 0 Å². The molecule has 0 saturated carbocycles. The second-order valence-corrected chi connectivity index (χ2v) is 4.12. The Kier molecular flexibility index (Phi) is 5.40. The maximum atomic E-state index is 4.42. The van der Waals surface area contributed by atoms with E-state index < -0.39 is 0 Å². The van der Waals surface area contributed by atoms with Crippen LogP contribution in [0, 0.1) is 0 Å². The summed E-state index contributed by atoms with van der Waals surface area (Å²) >= 11 is 0. The highest BCUT2D eigenvalue weighted by Crippen LogP contribution is 2.05. The van der Waals surface area contributed by atoms with Crippen molar-refractivity contribution in [2.75, 3.05) is 6.54 Å². The highest BCUT2D eigenvalue weighted by atomic mass is 15.2. The molecule has 1 rings (SSSR count). The van der Waals surface area contributed by atoms with Gasteiger partial charge >= 0.3 is 0 Å². The number of nitrogens with one attached hydrogen (secondary N) is 1. The van der Waals surface area contributed by atoms with Crippen LogP contribution in [0.4, 0.5) is 0 Å². The summed E-state index contributed by atoms with van der Waals surface area (Å²) in [5.74, 6) is 0. The van der Waals surface area contributed by atoms with Gasteiger partial charge in [0.15, 0.2) is 0 Å². The maximum absolute atomic E-state index is 4.42. The second-order valence-electron chi connectivity index (χ2n) is 4.12. The highest BCUT2D eigenvalue weighted by Gasteiger charge is 2.08. The smallest absolute Gasteiger partial charge is 0.0639 e. The molecule has 1 atom stereocenters. The third kappa shape index (κ3) is 4.47. The quantitative estimate of drug-likeness (QED) is 0.745. The van der Waals surface area contributed by atoms with Crippen molar-refractivity contribution >= 4 is 0 Å². The van der Waals surface area contributed by atoms with Gasteiger partial charge in [0, 0.05) is 25.7 Å². The van der Waals surface area contributed by atoms with Crippen molar-refractivity contribution in [2.24, 2.45) is 7.05 Å². The summed E-state index contributed by atoms with van der Waals surface area (Å²) in [5, 5.41) is 8.00. The van der Waals surface area contributed by atoms with Gasteiger partial charge in [0.25, 0.3) is 0 Å². The largest absolute Gasteiger partial charge is 0.314 e. The van der Waals surface area contributed by atoms with Gasteiger partial charge in [-0.05, 0) is 25.5 Å². The molecule has 3 heteroatoms. The van der Waals surface area contributed by atoms with Crippen LogP contribution in [0.5, 0.6) is 0 Å². The summed E-state index contributed by atoms with van der Waals surface area (Å²) in [4.78, 5) is 0. The molecule has 0 saturated heterocycles. The molecule has 0 bridgehead atoms. The summed E-state index contributed by atoms with van der Waals surface area (Å²) in [7, 11) is 1.97. The SMILES string of the molecule is CCCNC(CCC)Cc1ccn(C)n1. The Morgan fingerprint density at radius 2 is 2.20 bits per heavy atom. The number of hydrogen-bond acceptors (Lipinski definition) is 2.